The summed E-state index contributed by atoms with van der Waals surface area (Å²) in [4.78, 5) is 12.1. The summed E-state index contributed by atoms with van der Waals surface area (Å²) in [5, 5.41) is 11.4. The predicted molar refractivity (Wildman–Crippen MR) is 77.7 cm³/mol. The van der Waals surface area contributed by atoms with Gasteiger partial charge in [0.15, 0.2) is 0 Å². The van der Waals surface area contributed by atoms with E-state index in [1.165, 1.54) is 11.3 Å². The second-order valence-electron chi connectivity index (χ2n) is 4.06. The van der Waals surface area contributed by atoms with Crippen molar-refractivity contribution in [2.45, 2.75) is 19.9 Å². The molecular formula is C13H16N4O2S. The minimum Gasteiger partial charge on any atom is -0.493 e. The van der Waals surface area contributed by atoms with Crippen LogP contribution in [0.5, 0.6) is 5.75 Å². The molecule has 2 rings (SSSR count). The molecular weight excluding hydrogens is 276 g/mol. The van der Waals surface area contributed by atoms with E-state index < -0.39 is 0 Å². The zero-order valence-electron chi connectivity index (χ0n) is 11.1. The van der Waals surface area contributed by atoms with Crippen LogP contribution < -0.4 is 15.8 Å². The van der Waals surface area contributed by atoms with E-state index in [1.807, 2.05) is 13.0 Å². The van der Waals surface area contributed by atoms with Crippen LogP contribution in [0.2, 0.25) is 0 Å². The van der Waals surface area contributed by atoms with Crippen LogP contribution >= 0.6 is 11.3 Å². The van der Waals surface area contributed by atoms with E-state index in [9.17, 15) is 4.79 Å². The molecule has 0 bridgehead atoms. The quantitative estimate of drug-likeness (QED) is 0.848. The van der Waals surface area contributed by atoms with Crippen LogP contribution in [0.4, 0.5) is 5.13 Å². The summed E-state index contributed by atoms with van der Waals surface area (Å²) < 4.78 is 5.56. The van der Waals surface area contributed by atoms with Gasteiger partial charge in [0.25, 0.3) is 5.91 Å². The molecule has 20 heavy (non-hydrogen) atoms. The van der Waals surface area contributed by atoms with Gasteiger partial charge in [0.05, 0.1) is 18.7 Å². The predicted octanol–water partition coefficient (Wildman–Crippen LogP) is 1.84. The number of aromatic nitrogens is 2. The largest absolute Gasteiger partial charge is 0.493 e. The maximum Gasteiger partial charge on any atom is 0.255 e. The van der Waals surface area contributed by atoms with Gasteiger partial charge >= 0.3 is 0 Å². The van der Waals surface area contributed by atoms with Crippen molar-refractivity contribution in [2.75, 3.05) is 12.3 Å². The first-order valence-electron chi connectivity index (χ1n) is 6.28. The number of ether oxygens (including phenoxy) is 1. The zero-order valence-corrected chi connectivity index (χ0v) is 11.9. The van der Waals surface area contributed by atoms with E-state index in [1.54, 1.807) is 18.2 Å². The highest BCUT2D eigenvalue weighted by Gasteiger charge is 2.12. The maximum absolute atomic E-state index is 12.1. The third kappa shape index (κ3) is 3.67. The van der Waals surface area contributed by atoms with E-state index in [2.05, 4.69) is 15.5 Å². The average molecular weight is 292 g/mol. The molecule has 0 atom stereocenters. The number of nitrogens with zero attached hydrogens (tertiary/aromatic N) is 2. The number of benzene rings is 1. The van der Waals surface area contributed by atoms with Gasteiger partial charge in [-0.1, -0.05) is 30.4 Å². The Hall–Kier alpha value is -2.15. The van der Waals surface area contributed by atoms with Crippen molar-refractivity contribution in [3.8, 4) is 5.75 Å². The van der Waals surface area contributed by atoms with Crippen LogP contribution in [0.1, 0.15) is 28.7 Å². The Morgan fingerprint density at radius 1 is 1.40 bits per heavy atom. The molecule has 0 spiro atoms. The fraction of sp³-hybridized carbons (Fsp3) is 0.308. The fourth-order valence-electron chi connectivity index (χ4n) is 1.58. The van der Waals surface area contributed by atoms with Gasteiger partial charge in [0.2, 0.25) is 5.13 Å². The molecule has 1 aromatic heterocycles. The van der Waals surface area contributed by atoms with Crippen molar-refractivity contribution in [1.29, 1.82) is 0 Å². The third-order valence-corrected chi connectivity index (χ3v) is 3.23. The van der Waals surface area contributed by atoms with Gasteiger partial charge in [0.1, 0.15) is 10.8 Å². The van der Waals surface area contributed by atoms with Crippen LogP contribution in [0.25, 0.3) is 0 Å². The maximum atomic E-state index is 12.1. The van der Waals surface area contributed by atoms with Crippen molar-refractivity contribution in [2.24, 2.45) is 0 Å². The average Bonchev–Trinajstić information content (AvgIpc) is 2.88. The second kappa shape index (κ2) is 6.85. The number of carbonyl (C=O) groups is 1. The minimum absolute atomic E-state index is 0.203. The summed E-state index contributed by atoms with van der Waals surface area (Å²) in [6, 6.07) is 7.16. The molecule has 1 amide bonds. The molecule has 3 N–H and O–H groups in total. The number of amides is 1. The molecule has 0 saturated heterocycles. The third-order valence-electron chi connectivity index (χ3n) is 2.48. The van der Waals surface area contributed by atoms with Crippen molar-refractivity contribution in [1.82, 2.24) is 15.5 Å². The Morgan fingerprint density at radius 3 is 2.90 bits per heavy atom. The SMILES string of the molecule is CCCOc1ccccc1C(=O)NCc1nnc(N)s1. The number of carbonyl (C=O) groups excluding carboxylic acids is 1. The van der Waals surface area contributed by atoms with Gasteiger partial charge in [-0.3, -0.25) is 4.79 Å². The number of para-hydroxylation sites is 1. The molecule has 1 aromatic carbocycles. The van der Waals surface area contributed by atoms with Crippen LogP contribution in [-0.2, 0) is 6.54 Å². The van der Waals surface area contributed by atoms with E-state index >= 15 is 0 Å². The van der Waals surface area contributed by atoms with Crippen molar-refractivity contribution in [3.05, 3.63) is 34.8 Å². The highest BCUT2D eigenvalue weighted by atomic mass is 32.1. The number of nitrogens with one attached hydrogen (secondary N) is 1. The summed E-state index contributed by atoms with van der Waals surface area (Å²) in [5.74, 6) is 0.383. The second-order valence-corrected chi connectivity index (χ2v) is 5.15. The van der Waals surface area contributed by atoms with Crippen LogP contribution in [-0.4, -0.2) is 22.7 Å². The summed E-state index contributed by atoms with van der Waals surface area (Å²) in [7, 11) is 0. The topological polar surface area (TPSA) is 90.1 Å². The first-order valence-corrected chi connectivity index (χ1v) is 7.10. The molecule has 0 aliphatic carbocycles. The van der Waals surface area contributed by atoms with E-state index in [4.69, 9.17) is 10.5 Å². The number of hydrogen-bond donors (Lipinski definition) is 2. The summed E-state index contributed by atoms with van der Waals surface area (Å²) in [6.45, 7) is 2.90. The molecule has 0 aliphatic heterocycles. The van der Waals surface area contributed by atoms with Crippen molar-refractivity contribution < 1.29 is 9.53 Å². The first kappa shape index (κ1) is 14.3. The highest BCUT2D eigenvalue weighted by molar-refractivity contribution is 7.15. The monoisotopic (exact) mass is 292 g/mol. The normalized spacial score (nSPS) is 10.2. The minimum atomic E-state index is -0.203. The Morgan fingerprint density at radius 2 is 2.20 bits per heavy atom. The zero-order chi connectivity index (χ0) is 14.4. The molecule has 0 fully saturated rings. The van der Waals surface area contributed by atoms with Gasteiger partial charge in [-0.25, -0.2) is 0 Å². The number of anilines is 1. The molecule has 0 saturated carbocycles. The summed E-state index contributed by atoms with van der Waals surface area (Å²) in [5.41, 5.74) is 6.00. The number of rotatable bonds is 6. The highest BCUT2D eigenvalue weighted by Crippen LogP contribution is 2.18. The lowest BCUT2D eigenvalue weighted by Crippen LogP contribution is -2.23. The van der Waals surface area contributed by atoms with Crippen molar-refractivity contribution >= 4 is 22.4 Å². The van der Waals surface area contributed by atoms with Gasteiger partial charge in [0, 0.05) is 0 Å². The van der Waals surface area contributed by atoms with Gasteiger partial charge in [-0.05, 0) is 18.6 Å². The lowest BCUT2D eigenvalue weighted by molar-refractivity contribution is 0.0946. The smallest absolute Gasteiger partial charge is 0.255 e. The number of nitrogen functional groups attached to an aromatic ring is 1. The van der Waals surface area contributed by atoms with Crippen LogP contribution in [0.3, 0.4) is 0 Å². The lowest BCUT2D eigenvalue weighted by Gasteiger charge is -2.10. The van der Waals surface area contributed by atoms with Crippen LogP contribution in [0.15, 0.2) is 24.3 Å². The van der Waals surface area contributed by atoms with E-state index in [-0.39, 0.29) is 5.91 Å². The number of hydrogen-bond acceptors (Lipinski definition) is 6. The van der Waals surface area contributed by atoms with Crippen molar-refractivity contribution in [3.63, 3.8) is 0 Å². The van der Waals surface area contributed by atoms with Gasteiger partial charge < -0.3 is 15.8 Å². The molecule has 0 aliphatic rings. The molecule has 7 heteroatoms. The molecule has 106 valence electrons. The van der Waals surface area contributed by atoms with Gasteiger partial charge in [-0.15, -0.1) is 10.2 Å². The first-order chi connectivity index (χ1) is 9.70. The Balaban J connectivity index is 2.01. The molecule has 1 heterocycles. The fourth-order valence-corrected chi connectivity index (χ4v) is 2.13. The lowest BCUT2D eigenvalue weighted by atomic mass is 10.2. The molecule has 0 radical (unpaired) electrons. The summed E-state index contributed by atoms with van der Waals surface area (Å²) in [6.07, 6.45) is 0.889. The Kier molecular flexibility index (Phi) is 4.89. The molecule has 6 nitrogen and oxygen atoms in total. The standard InChI is InChI=1S/C13H16N4O2S/c1-2-7-19-10-6-4-3-5-9(10)12(18)15-8-11-16-17-13(14)20-11/h3-6H,2,7-8H2,1H3,(H2,14,17)(H,15,18). The Bertz CT molecular complexity index is 585. The molecule has 2 aromatic rings. The Labute approximate surface area is 121 Å². The van der Waals surface area contributed by atoms with Gasteiger partial charge in [-0.2, -0.15) is 0 Å². The van der Waals surface area contributed by atoms with Crippen LogP contribution in [0, 0.1) is 0 Å². The van der Waals surface area contributed by atoms with E-state index in [0.717, 1.165) is 6.42 Å². The number of nitrogens with two attached hydrogens (primary N) is 1. The van der Waals surface area contributed by atoms with E-state index in [0.29, 0.717) is 34.6 Å². The summed E-state index contributed by atoms with van der Waals surface area (Å²) >= 11 is 1.25. The molecule has 0 unspecified atom stereocenters.